The molecule has 32 heavy (non-hydrogen) atoms. The summed E-state index contributed by atoms with van der Waals surface area (Å²) in [5.74, 6) is 0.887. The second-order valence-corrected chi connectivity index (χ2v) is 8.97. The van der Waals surface area contributed by atoms with Crippen molar-refractivity contribution in [3.05, 3.63) is 58.8 Å². The van der Waals surface area contributed by atoms with Gasteiger partial charge in [0.25, 0.3) is 0 Å². The van der Waals surface area contributed by atoms with Crippen LogP contribution >= 0.6 is 0 Å². The van der Waals surface area contributed by atoms with Crippen molar-refractivity contribution < 1.29 is 27.8 Å². The van der Waals surface area contributed by atoms with Gasteiger partial charge in [0.1, 0.15) is 0 Å². The Labute approximate surface area is 183 Å². The highest BCUT2D eigenvalue weighted by Crippen LogP contribution is 2.48. The van der Waals surface area contributed by atoms with E-state index in [0.717, 1.165) is 5.56 Å². The fraction of sp³-hybridized carbons (Fsp3) is 0.375. The lowest BCUT2D eigenvalue weighted by Gasteiger charge is -2.38. The lowest BCUT2D eigenvalue weighted by molar-refractivity contribution is -0.266. The van der Waals surface area contributed by atoms with Crippen molar-refractivity contribution >= 4 is 10.9 Å². The normalized spacial score (nSPS) is 15.6. The van der Waals surface area contributed by atoms with Crippen LogP contribution in [0.1, 0.15) is 42.7 Å². The molecular weight excluding hydrogens is 421 g/mol. The zero-order chi connectivity index (χ0) is 23.3. The highest BCUT2D eigenvalue weighted by atomic mass is 19.4. The van der Waals surface area contributed by atoms with Gasteiger partial charge in [-0.1, -0.05) is 26.0 Å². The van der Waals surface area contributed by atoms with Crippen LogP contribution in [0.3, 0.4) is 0 Å². The predicted octanol–water partition coefficient (Wildman–Crippen LogP) is 5.28. The molecule has 8 heteroatoms. The fourth-order valence-electron chi connectivity index (χ4n) is 4.50. The number of aliphatic hydroxyl groups is 1. The molecule has 2 aromatic carbocycles. The Balaban J connectivity index is 1.71. The second-order valence-electron chi connectivity index (χ2n) is 8.97. The van der Waals surface area contributed by atoms with Crippen LogP contribution in [0.4, 0.5) is 13.2 Å². The predicted molar refractivity (Wildman–Crippen MR) is 113 cm³/mol. The third-order valence-corrected chi connectivity index (χ3v) is 6.00. The summed E-state index contributed by atoms with van der Waals surface area (Å²) in [4.78, 5) is 2.95. The molecule has 0 bridgehead atoms. The van der Waals surface area contributed by atoms with Crippen LogP contribution in [0.2, 0.25) is 0 Å². The third-order valence-electron chi connectivity index (χ3n) is 6.00. The summed E-state index contributed by atoms with van der Waals surface area (Å²) in [7, 11) is 0. The van der Waals surface area contributed by atoms with Crippen molar-refractivity contribution in [1.82, 2.24) is 4.98 Å². The van der Waals surface area contributed by atoms with E-state index in [4.69, 9.17) is 14.7 Å². The molecule has 1 aliphatic heterocycles. The molecule has 0 spiro atoms. The molecule has 0 radical (unpaired) electrons. The van der Waals surface area contributed by atoms with E-state index < -0.39 is 30.0 Å². The molecular formula is C24H23F3N2O3. The molecule has 1 unspecified atom stereocenters. The highest BCUT2D eigenvalue weighted by Gasteiger charge is 2.56. The lowest BCUT2D eigenvalue weighted by atomic mass is 9.73. The van der Waals surface area contributed by atoms with E-state index in [1.54, 1.807) is 57.2 Å². The lowest BCUT2D eigenvalue weighted by Crippen LogP contribution is -2.50. The number of aromatic nitrogens is 1. The van der Waals surface area contributed by atoms with Crippen molar-refractivity contribution in [2.45, 2.75) is 50.8 Å². The molecule has 0 saturated heterocycles. The number of nitrogens with zero attached hydrogens (tertiary/aromatic N) is 1. The number of hydrogen-bond donors (Lipinski definition) is 2. The molecule has 0 aliphatic carbocycles. The van der Waals surface area contributed by atoms with E-state index in [1.807, 2.05) is 6.07 Å². The summed E-state index contributed by atoms with van der Waals surface area (Å²) >= 11 is 0. The monoisotopic (exact) mass is 444 g/mol. The molecule has 1 aliphatic rings. The van der Waals surface area contributed by atoms with Gasteiger partial charge in [-0.3, -0.25) is 0 Å². The number of alkyl halides is 3. The van der Waals surface area contributed by atoms with Gasteiger partial charge in [-0.2, -0.15) is 18.4 Å². The molecule has 168 valence electrons. The minimum Gasteiger partial charge on any atom is -0.454 e. The van der Waals surface area contributed by atoms with E-state index >= 15 is 0 Å². The largest absolute Gasteiger partial charge is 0.454 e. The Morgan fingerprint density at radius 2 is 1.91 bits per heavy atom. The molecule has 1 aromatic heterocycles. The first kappa shape index (κ1) is 22.0. The van der Waals surface area contributed by atoms with Gasteiger partial charge >= 0.3 is 6.18 Å². The van der Waals surface area contributed by atoms with Crippen molar-refractivity contribution in [2.75, 3.05) is 6.79 Å². The quantitative estimate of drug-likeness (QED) is 0.561. The number of hydrogen-bond acceptors (Lipinski definition) is 4. The van der Waals surface area contributed by atoms with Crippen molar-refractivity contribution in [3.8, 4) is 17.6 Å². The molecule has 0 fully saturated rings. The zero-order valence-electron chi connectivity index (χ0n) is 17.9. The number of aromatic amines is 1. The molecule has 1 atom stereocenters. The average molecular weight is 444 g/mol. The van der Waals surface area contributed by atoms with E-state index in [2.05, 4.69) is 4.98 Å². The van der Waals surface area contributed by atoms with Crippen LogP contribution in [0.5, 0.6) is 11.5 Å². The molecule has 0 saturated carbocycles. The number of benzene rings is 2. The number of nitrogens with one attached hydrogen (secondary N) is 1. The molecule has 4 rings (SSSR count). The van der Waals surface area contributed by atoms with Crippen LogP contribution in [0.25, 0.3) is 10.9 Å². The number of rotatable bonds is 5. The summed E-state index contributed by atoms with van der Waals surface area (Å²) in [6.45, 7) is 5.09. The number of aryl methyl sites for hydroxylation is 1. The maximum absolute atomic E-state index is 14.2. The minimum atomic E-state index is -4.87. The Kier molecular flexibility index (Phi) is 5.13. The van der Waals surface area contributed by atoms with Crippen molar-refractivity contribution in [2.24, 2.45) is 0 Å². The minimum absolute atomic E-state index is 0.00503. The van der Waals surface area contributed by atoms with Crippen molar-refractivity contribution in [1.29, 1.82) is 5.26 Å². The third kappa shape index (κ3) is 3.78. The van der Waals surface area contributed by atoms with Crippen LogP contribution in [-0.4, -0.2) is 28.7 Å². The number of H-pyrrole nitrogens is 1. The SMILES string of the molecule is Cc1cc(C#N)cc2[nH]c(CC(O)(CC(C)(C)c3cccc4c3OCO4)C(F)(F)F)cc12. The van der Waals surface area contributed by atoms with Gasteiger partial charge in [0.05, 0.1) is 11.6 Å². The summed E-state index contributed by atoms with van der Waals surface area (Å²) in [5.41, 5.74) is -1.53. The van der Waals surface area contributed by atoms with Crippen LogP contribution in [-0.2, 0) is 11.8 Å². The molecule has 2 heterocycles. The smallest absolute Gasteiger partial charge is 0.417 e. The van der Waals surface area contributed by atoms with Gasteiger partial charge in [-0.05, 0) is 48.6 Å². The van der Waals surface area contributed by atoms with Gasteiger partial charge in [0, 0.05) is 28.6 Å². The van der Waals surface area contributed by atoms with Gasteiger partial charge in [0.15, 0.2) is 17.1 Å². The Hall–Kier alpha value is -3.18. The molecule has 3 aromatic rings. The summed E-state index contributed by atoms with van der Waals surface area (Å²) in [5, 5.41) is 20.8. The maximum Gasteiger partial charge on any atom is 0.417 e. The van der Waals surface area contributed by atoms with Crippen LogP contribution in [0.15, 0.2) is 36.4 Å². The highest BCUT2D eigenvalue weighted by molar-refractivity contribution is 5.85. The summed E-state index contributed by atoms with van der Waals surface area (Å²) in [6, 6.07) is 12.0. The van der Waals surface area contributed by atoms with E-state index in [0.29, 0.717) is 33.5 Å². The molecule has 5 nitrogen and oxygen atoms in total. The van der Waals surface area contributed by atoms with E-state index in [1.165, 1.54) is 0 Å². The average Bonchev–Trinajstić information content (AvgIpc) is 3.32. The number of fused-ring (bicyclic) bond motifs is 2. The summed E-state index contributed by atoms with van der Waals surface area (Å²) < 4.78 is 53.4. The van der Waals surface area contributed by atoms with Gasteiger partial charge in [-0.25, -0.2) is 0 Å². The summed E-state index contributed by atoms with van der Waals surface area (Å²) in [6.07, 6.45) is -6.10. The number of para-hydroxylation sites is 1. The first-order chi connectivity index (χ1) is 14.9. The Bertz CT molecular complexity index is 1220. The second kappa shape index (κ2) is 7.45. The van der Waals surface area contributed by atoms with Gasteiger partial charge in [0.2, 0.25) is 6.79 Å². The van der Waals surface area contributed by atoms with Crippen LogP contribution in [0, 0.1) is 18.3 Å². The van der Waals surface area contributed by atoms with Crippen molar-refractivity contribution in [3.63, 3.8) is 0 Å². The first-order valence-electron chi connectivity index (χ1n) is 10.1. The first-order valence-corrected chi connectivity index (χ1v) is 10.1. The van der Waals surface area contributed by atoms with E-state index in [-0.39, 0.29) is 12.5 Å². The number of ether oxygens (including phenoxy) is 2. The topological polar surface area (TPSA) is 78.3 Å². The molecule has 0 amide bonds. The van der Waals surface area contributed by atoms with Gasteiger partial charge in [-0.15, -0.1) is 0 Å². The fourth-order valence-corrected chi connectivity index (χ4v) is 4.50. The zero-order valence-corrected chi connectivity index (χ0v) is 17.9. The van der Waals surface area contributed by atoms with E-state index in [9.17, 15) is 18.3 Å². The standard InChI is InChI=1S/C24H23F3N2O3/c1-14-7-15(11-28)8-19-17(14)9-16(29-19)10-23(30,24(25,26)27)12-22(2,3)18-5-4-6-20-21(18)32-13-31-20/h4-9,29-30H,10,12-13H2,1-3H3. The maximum atomic E-state index is 14.2. The van der Waals surface area contributed by atoms with Gasteiger partial charge < -0.3 is 19.6 Å². The Morgan fingerprint density at radius 3 is 2.59 bits per heavy atom. The van der Waals surface area contributed by atoms with Crippen LogP contribution < -0.4 is 9.47 Å². The Morgan fingerprint density at radius 1 is 1.16 bits per heavy atom. The number of nitriles is 1. The molecule has 2 N–H and O–H groups in total. The number of halogens is 3.